The second-order valence-electron chi connectivity index (χ2n) is 4.13. The van der Waals surface area contributed by atoms with Crippen LogP contribution in [0.3, 0.4) is 0 Å². The molecule has 21 heavy (non-hydrogen) atoms. The maximum absolute atomic E-state index is 13.5. The topological polar surface area (TPSA) is 35.5 Å². The first-order chi connectivity index (χ1) is 10.1. The van der Waals surface area contributed by atoms with Gasteiger partial charge in [-0.15, -0.1) is 0 Å². The minimum absolute atomic E-state index is 0.0829. The molecule has 0 spiro atoms. The van der Waals surface area contributed by atoms with Gasteiger partial charge in [-0.1, -0.05) is 17.7 Å². The number of carbonyl (C=O) groups excluding carboxylic acids is 1. The fourth-order valence-corrected chi connectivity index (χ4v) is 2.01. The number of halogens is 3. The summed E-state index contributed by atoms with van der Waals surface area (Å²) >= 11 is 5.83. The SMILES string of the molecule is COc1cc(Cl)cc(C=O)c1OCc1c(F)cccc1F. The number of rotatable bonds is 5. The van der Waals surface area contributed by atoms with Gasteiger partial charge in [-0.05, 0) is 18.2 Å². The molecular weight excluding hydrogens is 302 g/mol. The van der Waals surface area contributed by atoms with Crippen LogP contribution in [0.4, 0.5) is 8.78 Å². The van der Waals surface area contributed by atoms with Crippen LogP contribution in [0.5, 0.6) is 11.5 Å². The standard InChI is InChI=1S/C15H11ClF2O3/c1-20-14-6-10(16)5-9(7-19)15(14)21-8-11-12(17)3-2-4-13(11)18/h2-7H,8H2,1H3. The van der Waals surface area contributed by atoms with Crippen LogP contribution in [-0.4, -0.2) is 13.4 Å². The normalized spacial score (nSPS) is 10.3. The number of aldehydes is 1. The third kappa shape index (κ3) is 3.31. The van der Waals surface area contributed by atoms with Crippen LogP contribution in [-0.2, 0) is 6.61 Å². The minimum Gasteiger partial charge on any atom is -0.493 e. The third-order valence-electron chi connectivity index (χ3n) is 2.82. The number of methoxy groups -OCH3 is 1. The second kappa shape index (κ2) is 6.54. The van der Waals surface area contributed by atoms with Crippen LogP contribution in [0.1, 0.15) is 15.9 Å². The van der Waals surface area contributed by atoms with Gasteiger partial charge in [-0.2, -0.15) is 0 Å². The molecule has 0 aromatic heterocycles. The van der Waals surface area contributed by atoms with E-state index >= 15 is 0 Å². The molecule has 110 valence electrons. The number of hydrogen-bond acceptors (Lipinski definition) is 3. The molecule has 0 amide bonds. The van der Waals surface area contributed by atoms with Crippen molar-refractivity contribution in [1.29, 1.82) is 0 Å². The number of hydrogen-bond donors (Lipinski definition) is 0. The highest BCUT2D eigenvalue weighted by molar-refractivity contribution is 6.31. The lowest BCUT2D eigenvalue weighted by Gasteiger charge is -2.14. The van der Waals surface area contributed by atoms with Crippen molar-refractivity contribution in [2.45, 2.75) is 6.61 Å². The first-order valence-corrected chi connectivity index (χ1v) is 6.33. The Morgan fingerprint density at radius 2 is 1.90 bits per heavy atom. The molecule has 0 N–H and O–H groups in total. The maximum atomic E-state index is 13.5. The Kier molecular flexibility index (Phi) is 4.75. The van der Waals surface area contributed by atoms with Crippen LogP contribution in [0.25, 0.3) is 0 Å². The quantitative estimate of drug-likeness (QED) is 0.782. The number of ether oxygens (including phenoxy) is 2. The Balaban J connectivity index is 2.34. The van der Waals surface area contributed by atoms with Crippen LogP contribution in [0, 0.1) is 11.6 Å². The molecule has 0 radical (unpaired) electrons. The molecule has 0 saturated carbocycles. The predicted molar refractivity (Wildman–Crippen MR) is 74.1 cm³/mol. The van der Waals surface area contributed by atoms with Crippen LogP contribution in [0.15, 0.2) is 30.3 Å². The molecule has 0 atom stereocenters. The Bertz CT molecular complexity index is 654. The molecule has 0 saturated heterocycles. The van der Waals surface area contributed by atoms with E-state index in [1.54, 1.807) is 0 Å². The van der Waals surface area contributed by atoms with E-state index in [2.05, 4.69) is 0 Å². The summed E-state index contributed by atoms with van der Waals surface area (Å²) < 4.78 is 37.5. The Labute approximate surface area is 125 Å². The van der Waals surface area contributed by atoms with E-state index in [9.17, 15) is 13.6 Å². The monoisotopic (exact) mass is 312 g/mol. The molecule has 3 nitrogen and oxygen atoms in total. The smallest absolute Gasteiger partial charge is 0.172 e. The second-order valence-corrected chi connectivity index (χ2v) is 4.57. The van der Waals surface area contributed by atoms with Gasteiger partial charge in [0.05, 0.1) is 18.2 Å². The van der Waals surface area contributed by atoms with Crippen molar-refractivity contribution in [3.8, 4) is 11.5 Å². The number of benzene rings is 2. The zero-order valence-electron chi connectivity index (χ0n) is 11.0. The molecule has 0 aliphatic rings. The summed E-state index contributed by atoms with van der Waals surface area (Å²) in [6.45, 7) is -0.378. The van der Waals surface area contributed by atoms with E-state index in [1.165, 1.54) is 25.3 Å². The van der Waals surface area contributed by atoms with Crippen molar-refractivity contribution in [2.24, 2.45) is 0 Å². The molecule has 0 unspecified atom stereocenters. The molecule has 2 rings (SSSR count). The summed E-state index contributed by atoms with van der Waals surface area (Å²) in [6, 6.07) is 6.34. The average Bonchev–Trinajstić information content (AvgIpc) is 2.47. The van der Waals surface area contributed by atoms with Gasteiger partial charge in [0.25, 0.3) is 0 Å². The van der Waals surface area contributed by atoms with Gasteiger partial charge in [-0.3, -0.25) is 4.79 Å². The van der Waals surface area contributed by atoms with E-state index in [1.807, 2.05) is 0 Å². The van der Waals surface area contributed by atoms with E-state index in [0.29, 0.717) is 11.3 Å². The highest BCUT2D eigenvalue weighted by atomic mass is 35.5. The number of carbonyl (C=O) groups is 1. The molecule has 0 aliphatic carbocycles. The molecule has 0 heterocycles. The lowest BCUT2D eigenvalue weighted by Crippen LogP contribution is -2.04. The predicted octanol–water partition coefficient (Wildman–Crippen LogP) is 4.02. The van der Waals surface area contributed by atoms with E-state index in [0.717, 1.165) is 12.1 Å². The highest BCUT2D eigenvalue weighted by Gasteiger charge is 2.15. The van der Waals surface area contributed by atoms with Crippen LogP contribution in [0.2, 0.25) is 5.02 Å². The van der Waals surface area contributed by atoms with Crippen molar-refractivity contribution < 1.29 is 23.0 Å². The lowest BCUT2D eigenvalue weighted by molar-refractivity contribution is 0.111. The summed E-state index contributed by atoms with van der Waals surface area (Å²) in [5, 5.41) is 0.290. The largest absolute Gasteiger partial charge is 0.493 e. The molecule has 6 heteroatoms. The fraction of sp³-hybridized carbons (Fsp3) is 0.133. The van der Waals surface area contributed by atoms with Crippen molar-refractivity contribution in [2.75, 3.05) is 7.11 Å². The minimum atomic E-state index is -0.726. The van der Waals surface area contributed by atoms with Crippen LogP contribution < -0.4 is 9.47 Å². The van der Waals surface area contributed by atoms with Crippen molar-refractivity contribution in [1.82, 2.24) is 0 Å². The third-order valence-corrected chi connectivity index (χ3v) is 3.04. The zero-order chi connectivity index (χ0) is 15.4. The zero-order valence-corrected chi connectivity index (χ0v) is 11.8. The molecule has 0 bridgehead atoms. The van der Waals surface area contributed by atoms with Gasteiger partial charge >= 0.3 is 0 Å². The van der Waals surface area contributed by atoms with E-state index in [-0.39, 0.29) is 29.2 Å². The van der Waals surface area contributed by atoms with Gasteiger partial charge in [0.15, 0.2) is 17.8 Å². The van der Waals surface area contributed by atoms with Crippen molar-refractivity contribution in [3.63, 3.8) is 0 Å². The summed E-state index contributed by atoms with van der Waals surface area (Å²) in [6.07, 6.45) is 0.529. The summed E-state index contributed by atoms with van der Waals surface area (Å²) in [7, 11) is 1.37. The Morgan fingerprint density at radius 3 is 2.48 bits per heavy atom. The Hall–Kier alpha value is -2.14. The van der Waals surface area contributed by atoms with Gasteiger partial charge in [0.1, 0.15) is 18.2 Å². The molecule has 0 fully saturated rings. The molecule has 2 aromatic rings. The van der Waals surface area contributed by atoms with Crippen molar-refractivity contribution in [3.05, 3.63) is 58.1 Å². The molecular formula is C15H11ClF2O3. The van der Waals surface area contributed by atoms with Gasteiger partial charge < -0.3 is 9.47 Å². The molecule has 2 aromatic carbocycles. The summed E-state index contributed by atoms with van der Waals surface area (Å²) in [4.78, 5) is 11.1. The van der Waals surface area contributed by atoms with E-state index < -0.39 is 11.6 Å². The first kappa shape index (κ1) is 15.3. The first-order valence-electron chi connectivity index (χ1n) is 5.95. The van der Waals surface area contributed by atoms with Gasteiger partial charge in [0.2, 0.25) is 0 Å². The fourth-order valence-electron chi connectivity index (χ4n) is 1.80. The average molecular weight is 313 g/mol. The Morgan fingerprint density at radius 1 is 1.24 bits per heavy atom. The lowest BCUT2D eigenvalue weighted by atomic mass is 10.2. The summed E-state index contributed by atoms with van der Waals surface area (Å²) in [5.41, 5.74) is -0.0950. The van der Waals surface area contributed by atoms with E-state index in [4.69, 9.17) is 21.1 Å². The highest BCUT2D eigenvalue weighted by Crippen LogP contribution is 2.34. The van der Waals surface area contributed by atoms with Gasteiger partial charge in [0, 0.05) is 11.1 Å². The van der Waals surface area contributed by atoms with Crippen LogP contribution >= 0.6 is 11.6 Å². The van der Waals surface area contributed by atoms with Crippen molar-refractivity contribution >= 4 is 17.9 Å². The van der Waals surface area contributed by atoms with Gasteiger partial charge in [-0.25, -0.2) is 8.78 Å². The maximum Gasteiger partial charge on any atom is 0.172 e. The summed E-state index contributed by atoms with van der Waals surface area (Å²) in [5.74, 6) is -1.16. The molecule has 0 aliphatic heterocycles.